The van der Waals surface area contributed by atoms with Gasteiger partial charge in [0, 0.05) is 11.6 Å². The van der Waals surface area contributed by atoms with Crippen molar-refractivity contribution in [1.82, 2.24) is 20.5 Å². The molecule has 0 atom stereocenters. The molecule has 0 spiro atoms. The number of fused-ring (bicyclic) bond motifs is 1. The molecule has 0 radical (unpaired) electrons. The van der Waals surface area contributed by atoms with Crippen molar-refractivity contribution >= 4 is 16.9 Å². The second kappa shape index (κ2) is 3.75. The predicted molar refractivity (Wildman–Crippen MR) is 63.1 cm³/mol. The minimum atomic E-state index is 0.559. The first kappa shape index (κ1) is 9.59. The van der Waals surface area contributed by atoms with Gasteiger partial charge < -0.3 is 11.1 Å². The van der Waals surface area contributed by atoms with E-state index in [9.17, 15) is 0 Å². The standard InChI is InChI=1S/C11H15N5/c12-10-8-1-2-9(14-11(8)16-15-10)7-3-5-13-6-4-7/h1-2,7,13H,3-6H2,(H3,12,14,15,16). The van der Waals surface area contributed by atoms with Gasteiger partial charge in [-0.1, -0.05) is 0 Å². The lowest BCUT2D eigenvalue weighted by atomic mass is 9.94. The first-order chi connectivity index (χ1) is 7.84. The Morgan fingerprint density at radius 3 is 2.88 bits per heavy atom. The van der Waals surface area contributed by atoms with Crippen molar-refractivity contribution in [3.63, 3.8) is 0 Å². The molecule has 84 valence electrons. The minimum Gasteiger partial charge on any atom is -0.384 e. The molecule has 3 heterocycles. The van der Waals surface area contributed by atoms with Crippen molar-refractivity contribution < 1.29 is 0 Å². The number of nitrogens with one attached hydrogen (secondary N) is 2. The number of nitrogen functional groups attached to an aromatic ring is 1. The van der Waals surface area contributed by atoms with Gasteiger partial charge in [0.2, 0.25) is 0 Å². The summed E-state index contributed by atoms with van der Waals surface area (Å²) >= 11 is 0. The molecule has 4 N–H and O–H groups in total. The van der Waals surface area contributed by atoms with Gasteiger partial charge in [-0.2, -0.15) is 5.10 Å². The summed E-state index contributed by atoms with van der Waals surface area (Å²) in [6.45, 7) is 2.15. The van der Waals surface area contributed by atoms with E-state index in [2.05, 4.69) is 26.6 Å². The van der Waals surface area contributed by atoms with Gasteiger partial charge in [-0.15, -0.1) is 0 Å². The van der Waals surface area contributed by atoms with Gasteiger partial charge in [0.25, 0.3) is 0 Å². The zero-order chi connectivity index (χ0) is 11.0. The van der Waals surface area contributed by atoms with Crippen LogP contribution >= 0.6 is 0 Å². The number of H-pyrrole nitrogens is 1. The van der Waals surface area contributed by atoms with Gasteiger partial charge in [0.15, 0.2) is 5.65 Å². The zero-order valence-electron chi connectivity index (χ0n) is 9.03. The van der Waals surface area contributed by atoms with Crippen molar-refractivity contribution in [3.8, 4) is 0 Å². The summed E-state index contributed by atoms with van der Waals surface area (Å²) in [6.07, 6.45) is 2.30. The van der Waals surface area contributed by atoms with Gasteiger partial charge in [0.1, 0.15) is 5.82 Å². The van der Waals surface area contributed by atoms with E-state index >= 15 is 0 Å². The molecular formula is C11H15N5. The molecule has 16 heavy (non-hydrogen) atoms. The molecule has 0 bridgehead atoms. The van der Waals surface area contributed by atoms with E-state index < -0.39 is 0 Å². The second-order valence-electron chi connectivity index (χ2n) is 4.27. The van der Waals surface area contributed by atoms with E-state index in [4.69, 9.17) is 5.73 Å². The van der Waals surface area contributed by atoms with Crippen LogP contribution in [0.5, 0.6) is 0 Å². The molecule has 3 rings (SSSR count). The number of nitrogens with two attached hydrogens (primary N) is 1. The number of aromatic amines is 1. The normalized spacial score (nSPS) is 18.0. The van der Waals surface area contributed by atoms with Gasteiger partial charge in [-0.05, 0) is 38.1 Å². The molecule has 0 amide bonds. The molecule has 2 aromatic rings. The van der Waals surface area contributed by atoms with Crippen molar-refractivity contribution in [2.45, 2.75) is 18.8 Å². The number of pyridine rings is 1. The van der Waals surface area contributed by atoms with E-state index in [1.807, 2.05) is 6.07 Å². The molecule has 1 fully saturated rings. The summed E-state index contributed by atoms with van der Waals surface area (Å²) in [5.74, 6) is 1.16. The quantitative estimate of drug-likeness (QED) is 0.666. The van der Waals surface area contributed by atoms with Crippen LogP contribution in [0.1, 0.15) is 24.5 Å². The summed E-state index contributed by atoms with van der Waals surface area (Å²) in [6, 6.07) is 4.09. The van der Waals surface area contributed by atoms with Crippen LogP contribution in [0.3, 0.4) is 0 Å². The number of hydrogen-bond donors (Lipinski definition) is 3. The van der Waals surface area contributed by atoms with Crippen LogP contribution in [0, 0.1) is 0 Å². The van der Waals surface area contributed by atoms with Gasteiger partial charge in [0.05, 0.1) is 5.39 Å². The average molecular weight is 217 g/mol. The summed E-state index contributed by atoms with van der Waals surface area (Å²) in [5.41, 5.74) is 7.61. The summed E-state index contributed by atoms with van der Waals surface area (Å²) < 4.78 is 0. The maximum Gasteiger partial charge on any atom is 0.183 e. The third-order valence-electron chi connectivity index (χ3n) is 3.23. The van der Waals surface area contributed by atoms with Crippen LogP contribution in [0.2, 0.25) is 0 Å². The number of nitrogens with zero attached hydrogens (tertiary/aromatic N) is 2. The Balaban J connectivity index is 1.97. The lowest BCUT2D eigenvalue weighted by Crippen LogP contribution is -2.27. The van der Waals surface area contributed by atoms with Crippen LogP contribution < -0.4 is 11.1 Å². The van der Waals surface area contributed by atoms with E-state index in [0.717, 1.165) is 42.7 Å². The van der Waals surface area contributed by atoms with Crippen molar-refractivity contribution in [1.29, 1.82) is 0 Å². The number of rotatable bonds is 1. The van der Waals surface area contributed by atoms with E-state index in [-0.39, 0.29) is 0 Å². The predicted octanol–water partition coefficient (Wildman–Crippen LogP) is 1.01. The van der Waals surface area contributed by atoms with Gasteiger partial charge in [-0.25, -0.2) is 4.98 Å². The summed E-state index contributed by atoms with van der Waals surface area (Å²) in [5, 5.41) is 11.1. The molecule has 5 nitrogen and oxygen atoms in total. The van der Waals surface area contributed by atoms with Crippen LogP contribution in [-0.2, 0) is 0 Å². The fraction of sp³-hybridized carbons (Fsp3) is 0.455. The Labute approximate surface area is 93.4 Å². The molecule has 1 aliphatic rings. The SMILES string of the molecule is Nc1[nH]nc2nc(C3CCNCC3)ccc12. The Hall–Kier alpha value is -1.62. The fourth-order valence-corrected chi connectivity index (χ4v) is 2.28. The number of aromatic nitrogens is 3. The van der Waals surface area contributed by atoms with Crippen LogP contribution in [-0.4, -0.2) is 28.3 Å². The van der Waals surface area contributed by atoms with Crippen LogP contribution in [0.25, 0.3) is 11.0 Å². The van der Waals surface area contributed by atoms with E-state index in [1.165, 1.54) is 0 Å². The number of anilines is 1. The maximum atomic E-state index is 5.74. The zero-order valence-corrected chi connectivity index (χ0v) is 9.03. The Kier molecular flexibility index (Phi) is 2.25. The average Bonchev–Trinajstić information content (AvgIpc) is 2.72. The molecule has 0 saturated carbocycles. The fourth-order valence-electron chi connectivity index (χ4n) is 2.28. The lowest BCUT2D eigenvalue weighted by Gasteiger charge is -2.21. The van der Waals surface area contributed by atoms with Crippen LogP contribution in [0.15, 0.2) is 12.1 Å². The van der Waals surface area contributed by atoms with Crippen molar-refractivity contribution in [2.24, 2.45) is 0 Å². The third-order valence-corrected chi connectivity index (χ3v) is 3.23. The monoisotopic (exact) mass is 217 g/mol. The van der Waals surface area contributed by atoms with Gasteiger partial charge >= 0.3 is 0 Å². The van der Waals surface area contributed by atoms with Crippen LogP contribution in [0.4, 0.5) is 5.82 Å². The molecule has 0 unspecified atom stereocenters. The van der Waals surface area contributed by atoms with E-state index in [0.29, 0.717) is 11.7 Å². The van der Waals surface area contributed by atoms with Crippen molar-refractivity contribution in [2.75, 3.05) is 18.8 Å². The molecule has 5 heteroatoms. The maximum absolute atomic E-state index is 5.74. The Bertz CT molecular complexity index is 498. The molecule has 1 aliphatic heterocycles. The summed E-state index contributed by atoms with van der Waals surface area (Å²) in [7, 11) is 0. The largest absolute Gasteiger partial charge is 0.384 e. The topological polar surface area (TPSA) is 79.6 Å². The molecular weight excluding hydrogens is 202 g/mol. The smallest absolute Gasteiger partial charge is 0.183 e. The first-order valence-electron chi connectivity index (χ1n) is 5.66. The highest BCUT2D eigenvalue weighted by Crippen LogP contribution is 2.26. The highest BCUT2D eigenvalue weighted by atomic mass is 15.2. The van der Waals surface area contributed by atoms with Crippen molar-refractivity contribution in [3.05, 3.63) is 17.8 Å². The van der Waals surface area contributed by atoms with E-state index in [1.54, 1.807) is 0 Å². The minimum absolute atomic E-state index is 0.559. The highest BCUT2D eigenvalue weighted by Gasteiger charge is 2.17. The highest BCUT2D eigenvalue weighted by molar-refractivity contribution is 5.85. The first-order valence-corrected chi connectivity index (χ1v) is 5.66. The number of piperidine rings is 1. The second-order valence-corrected chi connectivity index (χ2v) is 4.27. The lowest BCUT2D eigenvalue weighted by molar-refractivity contribution is 0.454. The molecule has 0 aliphatic carbocycles. The summed E-state index contributed by atoms with van der Waals surface area (Å²) in [4.78, 5) is 4.57. The molecule has 0 aromatic carbocycles. The van der Waals surface area contributed by atoms with Gasteiger partial charge in [-0.3, -0.25) is 5.10 Å². The Morgan fingerprint density at radius 2 is 2.06 bits per heavy atom. The molecule has 1 saturated heterocycles. The Morgan fingerprint density at radius 1 is 1.25 bits per heavy atom. The molecule has 2 aromatic heterocycles. The third kappa shape index (κ3) is 1.53. The number of hydrogen-bond acceptors (Lipinski definition) is 4.